The molecule has 0 aliphatic rings. The summed E-state index contributed by atoms with van der Waals surface area (Å²) >= 11 is 0. The summed E-state index contributed by atoms with van der Waals surface area (Å²) in [5.41, 5.74) is 1.99. The largest absolute Gasteiger partial charge is 0.463 e. The first-order valence-corrected chi connectivity index (χ1v) is 5.98. The molecule has 0 spiro atoms. The maximum Gasteiger partial charge on any atom is 0.152 e. The molecule has 0 aliphatic heterocycles. The van der Waals surface area contributed by atoms with Gasteiger partial charge in [0.1, 0.15) is 17.8 Å². The van der Waals surface area contributed by atoms with Crippen molar-refractivity contribution in [3.8, 4) is 11.5 Å². The quantitative estimate of drug-likeness (QED) is 0.859. The molecule has 2 aromatic heterocycles. The highest BCUT2D eigenvalue weighted by atomic mass is 16.3. The Morgan fingerprint density at radius 1 is 1.29 bits per heavy atom. The van der Waals surface area contributed by atoms with E-state index in [9.17, 15) is 0 Å². The smallest absolute Gasteiger partial charge is 0.152 e. The van der Waals surface area contributed by atoms with Crippen LogP contribution in [0.3, 0.4) is 0 Å². The molecule has 4 nitrogen and oxygen atoms in total. The molecule has 2 aromatic rings. The SMILES string of the molecule is CCCNc1ncnc(-c2ccco2)c1CC. The third kappa shape index (κ3) is 2.46. The molecule has 0 saturated carbocycles. The second kappa shape index (κ2) is 5.48. The Morgan fingerprint density at radius 3 is 2.82 bits per heavy atom. The fourth-order valence-electron chi connectivity index (χ4n) is 1.77. The number of rotatable bonds is 5. The van der Waals surface area contributed by atoms with Crippen LogP contribution in [0.5, 0.6) is 0 Å². The van der Waals surface area contributed by atoms with Crippen molar-refractivity contribution in [1.29, 1.82) is 0 Å². The highest BCUT2D eigenvalue weighted by molar-refractivity contribution is 5.64. The van der Waals surface area contributed by atoms with Crippen LogP contribution in [-0.4, -0.2) is 16.5 Å². The molecule has 0 fully saturated rings. The molecule has 4 heteroatoms. The Morgan fingerprint density at radius 2 is 2.18 bits per heavy atom. The van der Waals surface area contributed by atoms with Crippen LogP contribution in [0.4, 0.5) is 5.82 Å². The minimum absolute atomic E-state index is 0.795. The maximum atomic E-state index is 5.40. The van der Waals surface area contributed by atoms with E-state index in [1.165, 1.54) is 0 Å². The van der Waals surface area contributed by atoms with Gasteiger partial charge in [0.05, 0.1) is 6.26 Å². The van der Waals surface area contributed by atoms with Crippen molar-refractivity contribution < 1.29 is 4.42 Å². The van der Waals surface area contributed by atoms with Crippen molar-refractivity contribution in [3.05, 3.63) is 30.3 Å². The third-order valence-electron chi connectivity index (χ3n) is 2.60. The van der Waals surface area contributed by atoms with Crippen LogP contribution in [0.15, 0.2) is 29.1 Å². The number of furan rings is 1. The molecule has 0 aromatic carbocycles. The topological polar surface area (TPSA) is 51.0 Å². The molecular formula is C13H17N3O. The van der Waals surface area contributed by atoms with Gasteiger partial charge in [-0.2, -0.15) is 0 Å². The average molecular weight is 231 g/mol. The molecular weight excluding hydrogens is 214 g/mol. The molecule has 0 radical (unpaired) electrons. The lowest BCUT2D eigenvalue weighted by molar-refractivity contribution is 0.579. The fourth-order valence-corrected chi connectivity index (χ4v) is 1.77. The van der Waals surface area contributed by atoms with E-state index in [0.717, 1.165) is 42.2 Å². The van der Waals surface area contributed by atoms with Gasteiger partial charge < -0.3 is 9.73 Å². The van der Waals surface area contributed by atoms with Crippen molar-refractivity contribution in [2.75, 3.05) is 11.9 Å². The maximum absolute atomic E-state index is 5.40. The van der Waals surface area contributed by atoms with E-state index < -0.39 is 0 Å². The highest BCUT2D eigenvalue weighted by Crippen LogP contribution is 2.26. The molecule has 17 heavy (non-hydrogen) atoms. The van der Waals surface area contributed by atoms with Gasteiger partial charge in [0, 0.05) is 12.1 Å². The number of aromatic nitrogens is 2. The predicted molar refractivity (Wildman–Crippen MR) is 67.9 cm³/mol. The fraction of sp³-hybridized carbons (Fsp3) is 0.385. The first-order chi connectivity index (χ1) is 8.36. The van der Waals surface area contributed by atoms with Crippen LogP contribution in [0, 0.1) is 0 Å². The summed E-state index contributed by atoms with van der Waals surface area (Å²) in [5, 5.41) is 3.32. The summed E-state index contributed by atoms with van der Waals surface area (Å²) in [5.74, 6) is 1.71. The first kappa shape index (κ1) is 11.6. The number of nitrogens with one attached hydrogen (secondary N) is 1. The van der Waals surface area contributed by atoms with Crippen molar-refractivity contribution in [1.82, 2.24) is 9.97 Å². The van der Waals surface area contributed by atoms with Gasteiger partial charge in [0.15, 0.2) is 5.76 Å². The summed E-state index contributed by atoms with van der Waals surface area (Å²) in [4.78, 5) is 8.61. The van der Waals surface area contributed by atoms with Gasteiger partial charge in [-0.05, 0) is 25.0 Å². The Labute approximate surface area is 101 Å². The van der Waals surface area contributed by atoms with Gasteiger partial charge in [0.2, 0.25) is 0 Å². The van der Waals surface area contributed by atoms with Crippen LogP contribution in [0.25, 0.3) is 11.5 Å². The lowest BCUT2D eigenvalue weighted by Gasteiger charge is -2.11. The van der Waals surface area contributed by atoms with Crippen molar-refractivity contribution in [3.63, 3.8) is 0 Å². The van der Waals surface area contributed by atoms with Crippen LogP contribution < -0.4 is 5.32 Å². The van der Waals surface area contributed by atoms with Gasteiger partial charge in [-0.3, -0.25) is 0 Å². The van der Waals surface area contributed by atoms with Crippen LogP contribution >= 0.6 is 0 Å². The van der Waals surface area contributed by atoms with E-state index in [-0.39, 0.29) is 0 Å². The molecule has 1 N–H and O–H groups in total. The van der Waals surface area contributed by atoms with E-state index in [1.54, 1.807) is 12.6 Å². The molecule has 2 heterocycles. The van der Waals surface area contributed by atoms with Gasteiger partial charge in [0.25, 0.3) is 0 Å². The normalized spacial score (nSPS) is 10.5. The number of hydrogen-bond donors (Lipinski definition) is 1. The Bertz CT molecular complexity index is 466. The van der Waals surface area contributed by atoms with Gasteiger partial charge in [-0.15, -0.1) is 0 Å². The van der Waals surface area contributed by atoms with E-state index in [2.05, 4.69) is 29.1 Å². The van der Waals surface area contributed by atoms with Gasteiger partial charge in [-0.25, -0.2) is 9.97 Å². The van der Waals surface area contributed by atoms with E-state index in [1.807, 2.05) is 12.1 Å². The second-order valence-electron chi connectivity index (χ2n) is 3.81. The highest BCUT2D eigenvalue weighted by Gasteiger charge is 2.12. The monoisotopic (exact) mass is 231 g/mol. The molecule has 0 bridgehead atoms. The van der Waals surface area contributed by atoms with Crippen LogP contribution in [0.2, 0.25) is 0 Å². The molecule has 0 unspecified atom stereocenters. The second-order valence-corrected chi connectivity index (χ2v) is 3.81. The number of anilines is 1. The van der Waals surface area contributed by atoms with Crippen molar-refractivity contribution in [2.24, 2.45) is 0 Å². The van der Waals surface area contributed by atoms with Crippen molar-refractivity contribution in [2.45, 2.75) is 26.7 Å². The molecule has 0 atom stereocenters. The van der Waals surface area contributed by atoms with E-state index in [0.29, 0.717) is 0 Å². The Balaban J connectivity index is 2.39. The van der Waals surface area contributed by atoms with Gasteiger partial charge in [-0.1, -0.05) is 13.8 Å². The molecule has 0 saturated heterocycles. The Kier molecular flexibility index (Phi) is 3.75. The standard InChI is InChI=1S/C13H17N3O/c1-3-7-14-13-10(4-2)12(15-9-16-13)11-6-5-8-17-11/h5-6,8-9H,3-4,7H2,1-2H3,(H,14,15,16). The van der Waals surface area contributed by atoms with Crippen LogP contribution in [0.1, 0.15) is 25.8 Å². The number of nitrogens with zero attached hydrogens (tertiary/aromatic N) is 2. The summed E-state index contributed by atoms with van der Waals surface area (Å²) in [7, 11) is 0. The zero-order valence-corrected chi connectivity index (χ0v) is 10.2. The first-order valence-electron chi connectivity index (χ1n) is 5.98. The van der Waals surface area contributed by atoms with Gasteiger partial charge >= 0.3 is 0 Å². The molecule has 90 valence electrons. The Hall–Kier alpha value is -1.84. The van der Waals surface area contributed by atoms with Crippen molar-refractivity contribution >= 4 is 5.82 Å². The summed E-state index contributed by atoms with van der Waals surface area (Å²) in [6.45, 7) is 5.15. The summed E-state index contributed by atoms with van der Waals surface area (Å²) < 4.78 is 5.40. The third-order valence-corrected chi connectivity index (χ3v) is 2.60. The zero-order chi connectivity index (χ0) is 12.1. The lowest BCUT2D eigenvalue weighted by atomic mass is 10.1. The summed E-state index contributed by atoms with van der Waals surface area (Å²) in [6.07, 6.45) is 5.19. The minimum atomic E-state index is 0.795. The zero-order valence-electron chi connectivity index (χ0n) is 10.2. The summed E-state index contributed by atoms with van der Waals surface area (Å²) in [6, 6.07) is 3.79. The molecule has 2 rings (SSSR count). The lowest BCUT2D eigenvalue weighted by Crippen LogP contribution is -2.07. The van der Waals surface area contributed by atoms with E-state index in [4.69, 9.17) is 4.42 Å². The number of hydrogen-bond acceptors (Lipinski definition) is 4. The van der Waals surface area contributed by atoms with E-state index >= 15 is 0 Å². The average Bonchev–Trinajstić information content (AvgIpc) is 2.89. The predicted octanol–water partition coefficient (Wildman–Crippen LogP) is 3.12. The van der Waals surface area contributed by atoms with Crippen LogP contribution in [-0.2, 0) is 6.42 Å². The minimum Gasteiger partial charge on any atom is -0.463 e. The molecule has 0 aliphatic carbocycles. The molecule has 0 amide bonds.